The molecule has 3 fully saturated rings. The third kappa shape index (κ3) is 3.97. The van der Waals surface area contributed by atoms with Gasteiger partial charge >= 0.3 is 0 Å². The van der Waals surface area contributed by atoms with Crippen molar-refractivity contribution in [1.29, 1.82) is 0 Å². The Hall–Kier alpha value is -3.12. The van der Waals surface area contributed by atoms with E-state index in [1.165, 1.54) is 12.1 Å². The van der Waals surface area contributed by atoms with Crippen LogP contribution in [0.25, 0.3) is 0 Å². The molecule has 2 atom stereocenters. The molecule has 3 aliphatic carbocycles. The molecule has 2 aromatic carbocycles. The molecule has 3 aromatic rings. The molecule has 0 radical (unpaired) electrons. The van der Waals surface area contributed by atoms with Gasteiger partial charge in [-0.2, -0.15) is 5.10 Å². The van der Waals surface area contributed by atoms with Crippen molar-refractivity contribution in [2.24, 2.45) is 5.41 Å². The highest BCUT2D eigenvalue weighted by Gasteiger charge is 2.82. The Morgan fingerprint density at radius 1 is 1.05 bits per heavy atom. The summed E-state index contributed by atoms with van der Waals surface area (Å²) in [7, 11) is 0. The summed E-state index contributed by atoms with van der Waals surface area (Å²) in [6.07, 6.45) is -2.61. The lowest BCUT2D eigenvalue weighted by Crippen LogP contribution is -2.76. The third-order valence-electron chi connectivity index (χ3n) is 7.63. The van der Waals surface area contributed by atoms with E-state index in [4.69, 9.17) is 4.74 Å². The number of aliphatic hydroxyl groups is 2. The molecule has 37 heavy (non-hydrogen) atoms. The maximum absolute atomic E-state index is 16.2. The van der Waals surface area contributed by atoms with Crippen LogP contribution in [0.3, 0.4) is 0 Å². The fourth-order valence-corrected chi connectivity index (χ4v) is 5.75. The number of aromatic nitrogens is 3. The van der Waals surface area contributed by atoms with Gasteiger partial charge in [0, 0.05) is 17.0 Å². The lowest BCUT2D eigenvalue weighted by atomic mass is 9.30. The molecule has 0 spiro atoms. The second kappa shape index (κ2) is 8.73. The molecule has 0 saturated heterocycles. The standard InChI is InChI=1S/C25H23F6N3O3/c26-16-3-6-18(19(27)7-16)24(36,12-34-14-32-13-33-34)25(30,31)23-9-22(10-23,11-23)15-1-4-17(5-2-15)37-8-20(35)21(28)29/h1-7,13-14,20-21,35-36H,8-12H2. The zero-order valence-corrected chi connectivity index (χ0v) is 19.3. The minimum Gasteiger partial charge on any atom is -0.491 e. The Morgan fingerprint density at radius 3 is 2.30 bits per heavy atom. The molecule has 2 unspecified atom stereocenters. The molecule has 6 nitrogen and oxygen atoms in total. The number of hydrogen-bond donors (Lipinski definition) is 2. The monoisotopic (exact) mass is 527 g/mol. The van der Waals surface area contributed by atoms with E-state index in [0.29, 0.717) is 6.07 Å². The normalized spacial score (nSPS) is 25.2. The first-order chi connectivity index (χ1) is 17.4. The summed E-state index contributed by atoms with van der Waals surface area (Å²) in [5.74, 6) is -5.84. The topological polar surface area (TPSA) is 80.4 Å². The van der Waals surface area contributed by atoms with Crippen LogP contribution in [0.15, 0.2) is 55.1 Å². The lowest BCUT2D eigenvalue weighted by molar-refractivity contribution is -0.347. The zero-order valence-electron chi connectivity index (χ0n) is 19.3. The van der Waals surface area contributed by atoms with Gasteiger partial charge in [-0.15, -0.1) is 0 Å². The Balaban J connectivity index is 1.36. The molecule has 12 heteroatoms. The molecular formula is C25H23F6N3O3. The van der Waals surface area contributed by atoms with E-state index in [9.17, 15) is 27.8 Å². The Kier molecular flexibility index (Phi) is 6.02. The minimum atomic E-state index is -3.82. The van der Waals surface area contributed by atoms with Gasteiger partial charge in [-0.25, -0.2) is 36.0 Å². The molecule has 1 aromatic heterocycles. The summed E-state index contributed by atoms with van der Waals surface area (Å²) in [5.41, 5.74) is -5.24. The Morgan fingerprint density at radius 2 is 1.73 bits per heavy atom. The number of hydrogen-bond acceptors (Lipinski definition) is 5. The SMILES string of the molecule is OC(COc1ccc(C23CC(C(F)(F)C(O)(Cn4cncn4)c4ccc(F)cc4F)(C2)C3)cc1)C(F)F. The van der Waals surface area contributed by atoms with Gasteiger partial charge < -0.3 is 14.9 Å². The highest BCUT2D eigenvalue weighted by atomic mass is 19.3. The Labute approximate surface area is 207 Å². The summed E-state index contributed by atoms with van der Waals surface area (Å²) in [4.78, 5) is 3.69. The van der Waals surface area contributed by atoms with Crippen LogP contribution in [0.2, 0.25) is 0 Å². The van der Waals surface area contributed by atoms with Gasteiger partial charge in [-0.1, -0.05) is 12.1 Å². The van der Waals surface area contributed by atoms with E-state index in [-0.39, 0.29) is 25.0 Å². The summed E-state index contributed by atoms with van der Waals surface area (Å²) in [5, 5.41) is 24.4. The van der Waals surface area contributed by atoms with Crippen LogP contribution in [-0.4, -0.2) is 50.0 Å². The van der Waals surface area contributed by atoms with Crippen molar-refractivity contribution < 1.29 is 41.3 Å². The van der Waals surface area contributed by atoms with E-state index in [1.807, 2.05) is 0 Å². The van der Waals surface area contributed by atoms with Gasteiger partial charge in [-0.3, -0.25) is 0 Å². The van der Waals surface area contributed by atoms with Crippen LogP contribution in [0.1, 0.15) is 30.4 Å². The van der Waals surface area contributed by atoms with Gasteiger partial charge in [-0.05, 0) is 54.5 Å². The fourth-order valence-electron chi connectivity index (χ4n) is 5.75. The second-order valence-electron chi connectivity index (χ2n) is 9.98. The maximum Gasteiger partial charge on any atom is 0.287 e. The number of rotatable bonds is 10. The predicted molar refractivity (Wildman–Crippen MR) is 117 cm³/mol. The number of ether oxygens (including phenoxy) is 1. The minimum absolute atomic E-state index is 0.0137. The third-order valence-corrected chi connectivity index (χ3v) is 7.63. The Bertz CT molecular complexity index is 1250. The van der Waals surface area contributed by atoms with Crippen LogP contribution in [0, 0.1) is 17.0 Å². The summed E-state index contributed by atoms with van der Waals surface area (Å²) in [6.45, 7) is -1.39. The quantitative estimate of drug-likeness (QED) is 0.387. The lowest BCUT2D eigenvalue weighted by Gasteiger charge is -2.74. The predicted octanol–water partition coefficient (Wildman–Crippen LogP) is 4.21. The molecule has 2 N–H and O–H groups in total. The average Bonchev–Trinajstić information content (AvgIpc) is 3.28. The van der Waals surface area contributed by atoms with Crippen LogP contribution in [-0.2, 0) is 17.6 Å². The van der Waals surface area contributed by atoms with Gasteiger partial charge in [0.15, 0.2) is 5.60 Å². The molecule has 0 amide bonds. The van der Waals surface area contributed by atoms with Gasteiger partial charge in [0.25, 0.3) is 12.3 Å². The van der Waals surface area contributed by atoms with E-state index in [1.54, 1.807) is 12.1 Å². The highest BCUT2D eigenvalue weighted by molar-refractivity contribution is 5.44. The van der Waals surface area contributed by atoms with Crippen molar-refractivity contribution in [3.8, 4) is 5.75 Å². The largest absolute Gasteiger partial charge is 0.491 e. The number of halogens is 6. The molecule has 3 saturated carbocycles. The first kappa shape index (κ1) is 25.5. The van der Waals surface area contributed by atoms with Crippen molar-refractivity contribution >= 4 is 0 Å². The van der Waals surface area contributed by atoms with E-state index >= 15 is 8.78 Å². The molecule has 0 aliphatic heterocycles. The molecule has 3 aliphatic rings. The van der Waals surface area contributed by atoms with Crippen LogP contribution < -0.4 is 4.74 Å². The van der Waals surface area contributed by atoms with Crippen LogP contribution >= 0.6 is 0 Å². The van der Waals surface area contributed by atoms with Crippen molar-refractivity contribution in [3.63, 3.8) is 0 Å². The fraction of sp³-hybridized carbons (Fsp3) is 0.440. The first-order valence-corrected chi connectivity index (χ1v) is 11.5. The molecular weight excluding hydrogens is 504 g/mol. The number of benzene rings is 2. The van der Waals surface area contributed by atoms with E-state index in [0.717, 1.165) is 35.0 Å². The summed E-state index contributed by atoms with van der Waals surface area (Å²) < 4.78 is 91.6. The second-order valence-corrected chi connectivity index (χ2v) is 9.98. The first-order valence-electron chi connectivity index (χ1n) is 11.5. The molecule has 6 rings (SSSR count). The van der Waals surface area contributed by atoms with Crippen molar-refractivity contribution in [1.82, 2.24) is 14.8 Å². The van der Waals surface area contributed by atoms with Gasteiger partial charge in [0.05, 0.1) is 6.54 Å². The van der Waals surface area contributed by atoms with Gasteiger partial charge in [0.1, 0.15) is 42.7 Å². The molecule has 198 valence electrons. The highest BCUT2D eigenvalue weighted by Crippen LogP contribution is 2.80. The summed E-state index contributed by atoms with van der Waals surface area (Å²) >= 11 is 0. The summed E-state index contributed by atoms with van der Waals surface area (Å²) in [6, 6.07) is 8.39. The van der Waals surface area contributed by atoms with E-state index < -0.39 is 65.2 Å². The molecule has 1 heterocycles. The van der Waals surface area contributed by atoms with Crippen molar-refractivity contribution in [3.05, 3.63) is 77.9 Å². The average molecular weight is 527 g/mol. The number of alkyl halides is 4. The number of aliphatic hydroxyl groups excluding tert-OH is 1. The van der Waals surface area contributed by atoms with Gasteiger partial charge in [0.2, 0.25) is 0 Å². The van der Waals surface area contributed by atoms with Crippen molar-refractivity contribution in [2.45, 2.75) is 55.3 Å². The zero-order chi connectivity index (χ0) is 26.6. The molecule has 2 bridgehead atoms. The maximum atomic E-state index is 16.2. The van der Waals surface area contributed by atoms with Crippen LogP contribution in [0.4, 0.5) is 26.3 Å². The van der Waals surface area contributed by atoms with E-state index in [2.05, 4.69) is 10.1 Å². The number of nitrogens with zero attached hydrogens (tertiary/aromatic N) is 3. The van der Waals surface area contributed by atoms with Crippen molar-refractivity contribution in [2.75, 3.05) is 6.61 Å². The van der Waals surface area contributed by atoms with Crippen LogP contribution in [0.5, 0.6) is 5.75 Å². The smallest absolute Gasteiger partial charge is 0.287 e.